The molecule has 0 amide bonds. The van der Waals surface area contributed by atoms with Gasteiger partial charge < -0.3 is 14.5 Å². The molecule has 6 heteroatoms. The van der Waals surface area contributed by atoms with E-state index in [2.05, 4.69) is 26.2 Å². The Balaban J connectivity index is 1.65. The van der Waals surface area contributed by atoms with Crippen LogP contribution in [0, 0.1) is 5.82 Å². The van der Waals surface area contributed by atoms with Crippen molar-refractivity contribution in [1.29, 1.82) is 0 Å². The molecule has 0 atom stereocenters. The Morgan fingerprint density at radius 3 is 3.05 bits per heavy atom. The smallest absolute Gasteiger partial charge is 0.399 e. The van der Waals surface area contributed by atoms with E-state index in [1.54, 1.807) is 6.26 Å². The van der Waals surface area contributed by atoms with Gasteiger partial charge in [0.15, 0.2) is 0 Å². The summed E-state index contributed by atoms with van der Waals surface area (Å²) in [6.45, 7) is 0.669. The van der Waals surface area contributed by atoms with Crippen LogP contribution in [0.3, 0.4) is 0 Å². The molecule has 19 heavy (non-hydrogen) atoms. The molecule has 1 aromatic heterocycles. The van der Waals surface area contributed by atoms with E-state index in [4.69, 9.17) is 9.15 Å². The number of halogens is 2. The van der Waals surface area contributed by atoms with Gasteiger partial charge in [0.1, 0.15) is 17.8 Å². The van der Waals surface area contributed by atoms with Gasteiger partial charge in [0, 0.05) is 12.6 Å². The van der Waals surface area contributed by atoms with Crippen molar-refractivity contribution in [2.24, 2.45) is 0 Å². The monoisotopic (exact) mass is 326 g/mol. The molecule has 1 aliphatic rings. The first-order chi connectivity index (χ1) is 9.20. The summed E-state index contributed by atoms with van der Waals surface area (Å²) in [5, 5.41) is 3.33. The maximum Gasteiger partial charge on any atom is 0.399 e. The van der Waals surface area contributed by atoms with Gasteiger partial charge in [-0.2, -0.15) is 4.98 Å². The fourth-order valence-corrected chi connectivity index (χ4v) is 2.04. The molecule has 0 aliphatic heterocycles. The Morgan fingerprint density at radius 2 is 2.32 bits per heavy atom. The quantitative estimate of drug-likeness (QED) is 0.911. The Morgan fingerprint density at radius 1 is 1.47 bits per heavy atom. The van der Waals surface area contributed by atoms with Crippen LogP contribution in [0.2, 0.25) is 0 Å². The Bertz CT molecular complexity index is 584. The van der Waals surface area contributed by atoms with Crippen LogP contribution in [0.15, 0.2) is 33.4 Å². The lowest BCUT2D eigenvalue weighted by atomic mass is 10.3. The van der Waals surface area contributed by atoms with E-state index >= 15 is 0 Å². The third kappa shape index (κ3) is 3.33. The molecule has 1 N–H and O–H groups in total. The van der Waals surface area contributed by atoms with Gasteiger partial charge in [-0.3, -0.25) is 0 Å². The minimum absolute atomic E-state index is 0.153. The lowest BCUT2D eigenvalue weighted by Crippen LogP contribution is -2.15. The van der Waals surface area contributed by atoms with E-state index in [1.165, 1.54) is 31.0 Å². The van der Waals surface area contributed by atoms with Crippen molar-refractivity contribution in [3.63, 3.8) is 0 Å². The maximum absolute atomic E-state index is 12.9. The second-order valence-electron chi connectivity index (χ2n) is 4.44. The minimum Gasteiger partial charge on any atom is -0.417 e. The minimum atomic E-state index is -0.332. The molecule has 0 unspecified atom stereocenters. The van der Waals surface area contributed by atoms with Crippen LogP contribution in [0.5, 0.6) is 11.8 Å². The topological polar surface area (TPSA) is 47.3 Å². The second-order valence-corrected chi connectivity index (χ2v) is 5.29. The van der Waals surface area contributed by atoms with E-state index in [-0.39, 0.29) is 11.9 Å². The molecule has 100 valence electrons. The number of oxazole rings is 1. The Hall–Kier alpha value is -1.40. The molecule has 3 rings (SSSR count). The van der Waals surface area contributed by atoms with Gasteiger partial charge in [0.05, 0.1) is 10.2 Å². The summed E-state index contributed by atoms with van der Waals surface area (Å²) < 4.78 is 24.1. The average Bonchev–Trinajstić information content (AvgIpc) is 3.10. The van der Waals surface area contributed by atoms with Crippen molar-refractivity contribution in [3.8, 4) is 11.8 Å². The first-order valence-electron chi connectivity index (χ1n) is 6.01. The molecule has 0 saturated heterocycles. The number of ether oxygens (including phenoxy) is 1. The molecular weight excluding hydrogens is 315 g/mol. The van der Waals surface area contributed by atoms with Gasteiger partial charge in [-0.05, 0) is 47.0 Å². The van der Waals surface area contributed by atoms with Crippen LogP contribution in [0.4, 0.5) is 4.39 Å². The highest BCUT2D eigenvalue weighted by molar-refractivity contribution is 9.10. The lowest BCUT2D eigenvalue weighted by Gasteiger charge is -2.02. The van der Waals surface area contributed by atoms with E-state index in [0.717, 1.165) is 5.69 Å². The fraction of sp³-hybridized carbons (Fsp3) is 0.308. The summed E-state index contributed by atoms with van der Waals surface area (Å²) in [6, 6.07) is 4.78. The fourth-order valence-electron chi connectivity index (χ4n) is 1.60. The number of benzene rings is 1. The van der Waals surface area contributed by atoms with Crippen LogP contribution in [-0.2, 0) is 6.54 Å². The second kappa shape index (κ2) is 5.30. The van der Waals surface area contributed by atoms with Crippen molar-refractivity contribution in [2.75, 3.05) is 0 Å². The Kier molecular flexibility index (Phi) is 3.52. The summed E-state index contributed by atoms with van der Waals surface area (Å²) in [5.41, 5.74) is 0.792. The van der Waals surface area contributed by atoms with Crippen molar-refractivity contribution < 1.29 is 13.5 Å². The first kappa shape index (κ1) is 12.6. The van der Waals surface area contributed by atoms with Crippen LogP contribution < -0.4 is 10.1 Å². The van der Waals surface area contributed by atoms with Crippen molar-refractivity contribution >= 4 is 15.9 Å². The van der Waals surface area contributed by atoms with Crippen LogP contribution in [0.25, 0.3) is 0 Å². The van der Waals surface area contributed by atoms with Gasteiger partial charge in [0.25, 0.3) is 0 Å². The molecule has 2 aromatic rings. The number of rotatable bonds is 5. The summed E-state index contributed by atoms with van der Waals surface area (Å²) in [4.78, 5) is 4.20. The van der Waals surface area contributed by atoms with E-state index in [0.29, 0.717) is 22.8 Å². The largest absolute Gasteiger partial charge is 0.417 e. The van der Waals surface area contributed by atoms with E-state index < -0.39 is 0 Å². The van der Waals surface area contributed by atoms with Gasteiger partial charge in [-0.1, -0.05) is 0 Å². The molecular formula is C13H12BrFN2O2. The van der Waals surface area contributed by atoms with Crippen molar-refractivity contribution in [1.82, 2.24) is 10.3 Å². The van der Waals surface area contributed by atoms with Gasteiger partial charge in [-0.25, -0.2) is 4.39 Å². The maximum atomic E-state index is 12.9. The van der Waals surface area contributed by atoms with Gasteiger partial charge >= 0.3 is 6.08 Å². The molecule has 0 spiro atoms. The van der Waals surface area contributed by atoms with Gasteiger partial charge in [-0.15, -0.1) is 0 Å². The predicted molar refractivity (Wildman–Crippen MR) is 70.5 cm³/mol. The molecule has 1 heterocycles. The molecule has 4 nitrogen and oxygen atoms in total. The zero-order valence-electron chi connectivity index (χ0n) is 10.0. The van der Waals surface area contributed by atoms with E-state index in [9.17, 15) is 4.39 Å². The third-order valence-electron chi connectivity index (χ3n) is 2.77. The SMILES string of the molecule is Fc1ccc(Oc2nc(CNC3CC3)co2)c(Br)c1. The molecule has 1 aliphatic carbocycles. The van der Waals surface area contributed by atoms with Gasteiger partial charge in [0.2, 0.25) is 0 Å². The summed E-state index contributed by atoms with van der Waals surface area (Å²) >= 11 is 3.22. The number of hydrogen-bond acceptors (Lipinski definition) is 4. The van der Waals surface area contributed by atoms with Crippen molar-refractivity contribution in [2.45, 2.75) is 25.4 Å². The number of hydrogen-bond donors (Lipinski definition) is 1. The summed E-state index contributed by atoms with van der Waals surface area (Å²) in [6.07, 6.45) is 4.16. The molecule has 1 saturated carbocycles. The molecule has 0 bridgehead atoms. The number of aromatic nitrogens is 1. The average molecular weight is 327 g/mol. The molecule has 0 radical (unpaired) electrons. The van der Waals surface area contributed by atoms with Crippen LogP contribution in [0.1, 0.15) is 18.5 Å². The highest BCUT2D eigenvalue weighted by Crippen LogP contribution is 2.29. The van der Waals surface area contributed by atoms with Crippen LogP contribution >= 0.6 is 15.9 Å². The summed E-state index contributed by atoms with van der Waals surface area (Å²) in [5.74, 6) is 0.130. The first-order valence-corrected chi connectivity index (χ1v) is 6.81. The normalized spacial score (nSPS) is 14.6. The molecule has 1 aromatic carbocycles. The van der Waals surface area contributed by atoms with Crippen molar-refractivity contribution in [3.05, 3.63) is 40.4 Å². The zero-order chi connectivity index (χ0) is 13.2. The Labute approximate surface area is 118 Å². The van der Waals surface area contributed by atoms with E-state index in [1.807, 2.05) is 0 Å². The highest BCUT2D eigenvalue weighted by atomic mass is 79.9. The number of nitrogens with one attached hydrogen (secondary N) is 1. The predicted octanol–water partition coefficient (Wildman–Crippen LogP) is 3.62. The molecule has 1 fully saturated rings. The highest BCUT2D eigenvalue weighted by Gasteiger charge is 2.20. The third-order valence-corrected chi connectivity index (χ3v) is 3.39. The van der Waals surface area contributed by atoms with Crippen LogP contribution in [-0.4, -0.2) is 11.0 Å². The number of nitrogens with zero attached hydrogens (tertiary/aromatic N) is 1. The summed E-state index contributed by atoms with van der Waals surface area (Å²) in [7, 11) is 0. The lowest BCUT2D eigenvalue weighted by molar-refractivity contribution is 0.329. The zero-order valence-corrected chi connectivity index (χ0v) is 11.6. The standard InChI is InChI=1S/C13H12BrFN2O2/c14-11-5-8(15)1-4-12(11)19-13-17-10(7-18-13)6-16-9-2-3-9/h1,4-5,7,9,16H,2-3,6H2.